The zero-order valence-electron chi connectivity index (χ0n) is 25.8. The third-order valence-corrected chi connectivity index (χ3v) is 9.64. The number of fused-ring (bicyclic) bond motifs is 7. The van der Waals surface area contributed by atoms with Gasteiger partial charge in [-0.15, -0.1) is 0 Å². The molecule has 0 radical (unpaired) electrons. The average Bonchev–Trinajstić information content (AvgIpc) is 3.57. The zero-order chi connectivity index (χ0) is 30.8. The second-order valence-electron chi connectivity index (χ2n) is 12.7. The molecule has 1 aliphatic carbocycles. The Labute approximate surface area is 268 Å². The van der Waals surface area contributed by atoms with Gasteiger partial charge in [0.2, 0.25) is 5.96 Å². The maximum absolute atomic E-state index is 5.38. The number of nitrogens with zero attached hydrogens (tertiary/aromatic N) is 3. The van der Waals surface area contributed by atoms with Crippen LogP contribution in [0.3, 0.4) is 0 Å². The molecule has 6 aromatic carbocycles. The molecule has 2 aliphatic rings. The van der Waals surface area contributed by atoms with E-state index in [1.165, 1.54) is 49.7 Å². The maximum Gasteiger partial charge on any atom is 0.211 e. The number of benzene rings is 6. The van der Waals surface area contributed by atoms with E-state index in [1.54, 1.807) is 0 Å². The van der Waals surface area contributed by atoms with E-state index >= 15 is 0 Å². The number of nitrogens with one attached hydrogen (secondary N) is 1. The Morgan fingerprint density at radius 1 is 0.587 bits per heavy atom. The molecular weight excluding hydrogens is 560 g/mol. The smallest absolute Gasteiger partial charge is 0.211 e. The Bertz CT molecular complexity index is 2350. The molecule has 1 unspecified atom stereocenters. The van der Waals surface area contributed by atoms with Crippen molar-refractivity contribution >= 4 is 33.6 Å². The summed E-state index contributed by atoms with van der Waals surface area (Å²) in [5.41, 5.74) is 11.8. The van der Waals surface area contributed by atoms with E-state index in [-0.39, 0.29) is 11.6 Å². The van der Waals surface area contributed by atoms with Crippen LogP contribution in [0.15, 0.2) is 156 Å². The fourth-order valence-corrected chi connectivity index (χ4v) is 7.46. The van der Waals surface area contributed by atoms with Crippen LogP contribution in [0.5, 0.6) is 0 Å². The highest BCUT2D eigenvalue weighted by atomic mass is 15.3. The Morgan fingerprint density at radius 3 is 2.00 bits per heavy atom. The van der Waals surface area contributed by atoms with E-state index in [0.717, 1.165) is 28.4 Å². The molecule has 0 bridgehead atoms. The number of aliphatic imine (C=N–C) groups is 2. The molecule has 0 spiro atoms. The lowest BCUT2D eigenvalue weighted by molar-refractivity contribution is 0.663. The molecular formula is C42H32N4. The van der Waals surface area contributed by atoms with Gasteiger partial charge in [0.1, 0.15) is 5.84 Å². The molecule has 2 heterocycles. The molecule has 0 saturated carbocycles. The molecule has 0 saturated heterocycles. The van der Waals surface area contributed by atoms with E-state index in [2.05, 4.69) is 157 Å². The summed E-state index contributed by atoms with van der Waals surface area (Å²) in [6.07, 6.45) is -0.389. The predicted molar refractivity (Wildman–Crippen MR) is 191 cm³/mol. The first kappa shape index (κ1) is 26.6. The van der Waals surface area contributed by atoms with Gasteiger partial charge in [0.15, 0.2) is 6.17 Å². The Morgan fingerprint density at radius 2 is 1.24 bits per heavy atom. The summed E-state index contributed by atoms with van der Waals surface area (Å²) in [6.45, 7) is 4.71. The van der Waals surface area contributed by atoms with Crippen molar-refractivity contribution in [2.24, 2.45) is 9.98 Å². The second kappa shape index (κ2) is 10.1. The van der Waals surface area contributed by atoms with Gasteiger partial charge < -0.3 is 5.32 Å². The van der Waals surface area contributed by atoms with E-state index in [1.807, 2.05) is 12.1 Å². The third kappa shape index (κ3) is 4.00. The van der Waals surface area contributed by atoms with Crippen LogP contribution in [0.25, 0.3) is 44.1 Å². The summed E-state index contributed by atoms with van der Waals surface area (Å²) in [4.78, 5) is 10.5. The van der Waals surface area contributed by atoms with Crippen molar-refractivity contribution in [2.45, 2.75) is 25.4 Å². The molecule has 1 N–H and O–H groups in total. The molecule has 9 rings (SSSR count). The van der Waals surface area contributed by atoms with Crippen LogP contribution in [0.1, 0.15) is 42.3 Å². The summed E-state index contributed by atoms with van der Waals surface area (Å²) in [7, 11) is 0. The Kier molecular flexibility index (Phi) is 5.88. The summed E-state index contributed by atoms with van der Waals surface area (Å²) < 4.78 is 2.37. The van der Waals surface area contributed by atoms with E-state index in [4.69, 9.17) is 9.98 Å². The van der Waals surface area contributed by atoms with Gasteiger partial charge in [-0.3, -0.25) is 4.57 Å². The predicted octanol–water partition coefficient (Wildman–Crippen LogP) is 9.72. The first-order valence-electron chi connectivity index (χ1n) is 15.9. The number of hydrogen-bond donors (Lipinski definition) is 1. The number of aromatic nitrogens is 1. The monoisotopic (exact) mass is 592 g/mol. The van der Waals surface area contributed by atoms with E-state index < -0.39 is 0 Å². The molecule has 7 aromatic rings. The SMILES string of the molecule is CC1(C)c2ccccc2-c2ccc3c4ccc(-c5ccccc5)cc4n(C4=NC(c5ccccc5)N=C(c5ccccc5)N4)c3c21. The summed E-state index contributed by atoms with van der Waals surface area (Å²) >= 11 is 0. The second-order valence-corrected chi connectivity index (χ2v) is 12.7. The normalized spacial score (nSPS) is 16.4. The van der Waals surface area contributed by atoms with Gasteiger partial charge in [-0.25, -0.2) is 9.98 Å². The standard InChI is InChI=1S/C42H32N4/c1-42(2)35-21-13-12-20-31(35)33-24-25-34-32-23-22-30(27-14-6-3-7-15-27)26-36(32)46(38(34)37(33)42)41-44-39(28-16-8-4-9-17-28)43-40(45-41)29-18-10-5-11-19-29/h3-26,39H,1-2H3,(H,43,44,45). The summed E-state index contributed by atoms with van der Waals surface area (Å²) in [5.74, 6) is 1.58. The van der Waals surface area contributed by atoms with Crippen LogP contribution >= 0.6 is 0 Å². The van der Waals surface area contributed by atoms with Crippen molar-refractivity contribution in [1.82, 2.24) is 9.88 Å². The Hall–Kier alpha value is -5.74. The van der Waals surface area contributed by atoms with Crippen LogP contribution in [0, 0.1) is 0 Å². The van der Waals surface area contributed by atoms with Crippen LogP contribution in [0.2, 0.25) is 0 Å². The minimum Gasteiger partial charge on any atom is -0.310 e. The van der Waals surface area contributed by atoms with Crippen molar-refractivity contribution in [3.63, 3.8) is 0 Å². The van der Waals surface area contributed by atoms with Gasteiger partial charge in [-0.1, -0.05) is 153 Å². The van der Waals surface area contributed by atoms with Crippen molar-refractivity contribution in [2.75, 3.05) is 0 Å². The minimum absolute atomic E-state index is 0.204. The maximum atomic E-state index is 5.38. The molecule has 4 nitrogen and oxygen atoms in total. The molecule has 46 heavy (non-hydrogen) atoms. The number of hydrogen-bond acceptors (Lipinski definition) is 3. The van der Waals surface area contributed by atoms with Gasteiger partial charge >= 0.3 is 0 Å². The van der Waals surface area contributed by atoms with E-state index in [0.29, 0.717) is 0 Å². The molecule has 1 atom stereocenters. The molecule has 220 valence electrons. The summed E-state index contributed by atoms with van der Waals surface area (Å²) in [5, 5.41) is 6.14. The molecule has 1 aliphatic heterocycles. The van der Waals surface area contributed by atoms with Gasteiger partial charge in [0, 0.05) is 21.8 Å². The first-order valence-corrected chi connectivity index (χ1v) is 15.9. The van der Waals surface area contributed by atoms with E-state index in [9.17, 15) is 0 Å². The highest BCUT2D eigenvalue weighted by molar-refractivity contribution is 6.20. The lowest BCUT2D eigenvalue weighted by Crippen LogP contribution is -2.39. The highest BCUT2D eigenvalue weighted by Gasteiger charge is 2.39. The molecule has 0 amide bonds. The minimum atomic E-state index is -0.389. The highest BCUT2D eigenvalue weighted by Crippen LogP contribution is 2.52. The quantitative estimate of drug-likeness (QED) is 0.218. The van der Waals surface area contributed by atoms with Crippen molar-refractivity contribution in [1.29, 1.82) is 0 Å². The van der Waals surface area contributed by atoms with Crippen LogP contribution < -0.4 is 5.32 Å². The van der Waals surface area contributed by atoms with Gasteiger partial charge in [0.25, 0.3) is 0 Å². The molecule has 4 heteroatoms. The largest absolute Gasteiger partial charge is 0.310 e. The number of rotatable bonds is 3. The number of amidine groups is 1. The lowest BCUT2D eigenvalue weighted by Gasteiger charge is -2.26. The lowest BCUT2D eigenvalue weighted by atomic mass is 9.81. The van der Waals surface area contributed by atoms with Crippen LogP contribution in [0.4, 0.5) is 0 Å². The fourth-order valence-electron chi connectivity index (χ4n) is 7.46. The third-order valence-electron chi connectivity index (χ3n) is 9.64. The van der Waals surface area contributed by atoms with Gasteiger partial charge in [-0.05, 0) is 45.0 Å². The van der Waals surface area contributed by atoms with Gasteiger partial charge in [-0.2, -0.15) is 0 Å². The molecule has 1 aromatic heterocycles. The van der Waals surface area contributed by atoms with Crippen molar-refractivity contribution in [3.05, 3.63) is 168 Å². The Balaban J connectivity index is 1.37. The molecule has 0 fully saturated rings. The average molecular weight is 593 g/mol. The van der Waals surface area contributed by atoms with Gasteiger partial charge in [0.05, 0.1) is 11.0 Å². The topological polar surface area (TPSA) is 41.7 Å². The van der Waals surface area contributed by atoms with Crippen LogP contribution in [-0.4, -0.2) is 16.4 Å². The van der Waals surface area contributed by atoms with Crippen LogP contribution in [-0.2, 0) is 5.41 Å². The zero-order valence-corrected chi connectivity index (χ0v) is 25.8. The summed E-state index contributed by atoms with van der Waals surface area (Å²) in [6, 6.07) is 51.7. The first-order chi connectivity index (χ1) is 22.6. The van der Waals surface area contributed by atoms with Crippen molar-refractivity contribution in [3.8, 4) is 22.3 Å². The fraction of sp³-hybridized carbons (Fsp3) is 0.0952. The van der Waals surface area contributed by atoms with Crippen molar-refractivity contribution < 1.29 is 0 Å².